The Morgan fingerprint density at radius 1 is 1.07 bits per heavy atom. The molecule has 0 radical (unpaired) electrons. The number of fused-ring (bicyclic) bond motifs is 1. The smallest absolute Gasteiger partial charge is 0.313 e. The van der Waals surface area contributed by atoms with Crippen LogP contribution >= 0.6 is 11.6 Å². The standard InChI is InChI=1S/C22H18ClN3O3/c23-16-9-8-15(13-24)19(12-16)26-22(29)21(28)25-11-10-20(27)18-7-3-5-14-4-1-2-6-17(14)18/h1-9,12,20,27H,10-11H2,(H,25,28)(H,26,29)/t20-/m0/s1. The third-order valence-electron chi connectivity index (χ3n) is 4.44. The average molecular weight is 408 g/mol. The van der Waals surface area contributed by atoms with Gasteiger partial charge in [0.05, 0.1) is 17.4 Å². The van der Waals surface area contributed by atoms with Crippen molar-refractivity contribution in [3.63, 3.8) is 0 Å². The lowest BCUT2D eigenvalue weighted by Crippen LogP contribution is -2.36. The molecule has 0 heterocycles. The maximum Gasteiger partial charge on any atom is 0.313 e. The predicted molar refractivity (Wildman–Crippen MR) is 111 cm³/mol. The van der Waals surface area contributed by atoms with Crippen LogP contribution in [-0.2, 0) is 9.59 Å². The molecule has 3 aromatic carbocycles. The van der Waals surface area contributed by atoms with Gasteiger partial charge in [0, 0.05) is 11.6 Å². The van der Waals surface area contributed by atoms with Gasteiger partial charge in [-0.25, -0.2) is 0 Å². The molecule has 7 heteroatoms. The summed E-state index contributed by atoms with van der Waals surface area (Å²) in [6.45, 7) is 0.108. The fourth-order valence-corrected chi connectivity index (χ4v) is 3.17. The molecule has 29 heavy (non-hydrogen) atoms. The van der Waals surface area contributed by atoms with Gasteiger partial charge in [-0.2, -0.15) is 5.26 Å². The molecule has 0 saturated heterocycles. The van der Waals surface area contributed by atoms with E-state index < -0.39 is 17.9 Å². The van der Waals surface area contributed by atoms with E-state index in [0.29, 0.717) is 5.02 Å². The highest BCUT2D eigenvalue weighted by Gasteiger charge is 2.17. The monoisotopic (exact) mass is 407 g/mol. The molecule has 0 aliphatic rings. The summed E-state index contributed by atoms with van der Waals surface area (Å²) in [5.41, 5.74) is 1.12. The van der Waals surface area contributed by atoms with E-state index in [-0.39, 0.29) is 24.2 Å². The highest BCUT2D eigenvalue weighted by molar-refractivity contribution is 6.40. The van der Waals surface area contributed by atoms with E-state index >= 15 is 0 Å². The van der Waals surface area contributed by atoms with Crippen LogP contribution in [0.1, 0.15) is 23.7 Å². The summed E-state index contributed by atoms with van der Waals surface area (Å²) in [6, 6.07) is 19.7. The van der Waals surface area contributed by atoms with E-state index in [9.17, 15) is 14.7 Å². The molecular formula is C22H18ClN3O3. The number of aliphatic hydroxyl groups excluding tert-OH is 1. The number of nitrogens with zero attached hydrogens (tertiary/aromatic N) is 1. The van der Waals surface area contributed by atoms with Gasteiger partial charge in [0.15, 0.2) is 0 Å². The van der Waals surface area contributed by atoms with Crippen LogP contribution in [0.2, 0.25) is 5.02 Å². The molecule has 6 nitrogen and oxygen atoms in total. The number of anilines is 1. The van der Waals surface area contributed by atoms with E-state index in [2.05, 4.69) is 10.6 Å². The fourth-order valence-electron chi connectivity index (χ4n) is 3.00. The van der Waals surface area contributed by atoms with E-state index in [1.807, 2.05) is 48.5 Å². The predicted octanol–water partition coefficient (Wildman–Crippen LogP) is 3.54. The summed E-state index contributed by atoms with van der Waals surface area (Å²) in [5.74, 6) is -1.78. The van der Waals surface area contributed by atoms with E-state index in [0.717, 1.165) is 16.3 Å². The maximum atomic E-state index is 12.1. The Kier molecular flexibility index (Phi) is 6.45. The second-order valence-corrected chi connectivity index (χ2v) is 6.82. The number of aliphatic hydroxyl groups is 1. The third-order valence-corrected chi connectivity index (χ3v) is 4.68. The van der Waals surface area contributed by atoms with Gasteiger partial charge in [0.1, 0.15) is 6.07 Å². The highest BCUT2D eigenvalue weighted by atomic mass is 35.5. The molecule has 3 rings (SSSR count). The Morgan fingerprint density at radius 3 is 2.62 bits per heavy atom. The van der Waals surface area contributed by atoms with Gasteiger partial charge in [0.2, 0.25) is 0 Å². The first-order chi connectivity index (χ1) is 14.0. The number of carbonyl (C=O) groups excluding carboxylic acids is 2. The first-order valence-corrected chi connectivity index (χ1v) is 9.32. The number of hydrogen-bond donors (Lipinski definition) is 3. The van der Waals surface area contributed by atoms with Crippen molar-refractivity contribution in [2.24, 2.45) is 0 Å². The van der Waals surface area contributed by atoms with Crippen molar-refractivity contribution in [1.29, 1.82) is 5.26 Å². The minimum atomic E-state index is -0.914. The van der Waals surface area contributed by atoms with Gasteiger partial charge in [0.25, 0.3) is 0 Å². The van der Waals surface area contributed by atoms with E-state index in [1.54, 1.807) is 0 Å². The Hall–Kier alpha value is -3.40. The molecule has 0 aromatic heterocycles. The molecule has 0 unspecified atom stereocenters. The Balaban J connectivity index is 1.57. The van der Waals surface area contributed by atoms with Crippen LogP contribution < -0.4 is 10.6 Å². The number of carbonyl (C=O) groups is 2. The van der Waals surface area contributed by atoms with Crippen LogP contribution in [0.4, 0.5) is 5.69 Å². The normalized spacial score (nSPS) is 11.5. The van der Waals surface area contributed by atoms with Crippen molar-refractivity contribution >= 4 is 39.9 Å². The molecule has 3 N–H and O–H groups in total. The zero-order chi connectivity index (χ0) is 20.8. The minimum absolute atomic E-state index is 0.108. The van der Waals surface area contributed by atoms with Crippen LogP contribution in [0.15, 0.2) is 60.7 Å². The number of hydrogen-bond acceptors (Lipinski definition) is 4. The van der Waals surface area contributed by atoms with Crippen molar-refractivity contribution in [3.05, 3.63) is 76.8 Å². The largest absolute Gasteiger partial charge is 0.388 e. The van der Waals surface area contributed by atoms with Gasteiger partial charge in [-0.15, -0.1) is 0 Å². The molecule has 0 fully saturated rings. The SMILES string of the molecule is N#Cc1ccc(Cl)cc1NC(=O)C(=O)NCC[C@H](O)c1cccc2ccccc12. The lowest BCUT2D eigenvalue weighted by Gasteiger charge is -2.14. The van der Waals surface area contributed by atoms with E-state index in [1.165, 1.54) is 18.2 Å². The quantitative estimate of drug-likeness (QED) is 0.563. The summed E-state index contributed by atoms with van der Waals surface area (Å²) >= 11 is 5.87. The second kappa shape index (κ2) is 9.20. The second-order valence-electron chi connectivity index (χ2n) is 6.38. The van der Waals surface area contributed by atoms with Gasteiger partial charge in [-0.1, -0.05) is 54.1 Å². The number of benzene rings is 3. The van der Waals surface area contributed by atoms with Crippen LogP contribution in [-0.4, -0.2) is 23.5 Å². The molecule has 146 valence electrons. The van der Waals surface area contributed by atoms with Crippen molar-refractivity contribution in [3.8, 4) is 6.07 Å². The zero-order valence-electron chi connectivity index (χ0n) is 15.4. The summed E-state index contributed by atoms with van der Waals surface area (Å²) < 4.78 is 0. The van der Waals surface area contributed by atoms with Crippen molar-refractivity contribution < 1.29 is 14.7 Å². The molecule has 0 spiro atoms. The van der Waals surface area contributed by atoms with Gasteiger partial charge >= 0.3 is 11.8 Å². The molecular weight excluding hydrogens is 390 g/mol. The first kappa shape index (κ1) is 20.3. The zero-order valence-corrected chi connectivity index (χ0v) is 16.1. The molecule has 2 amide bonds. The maximum absolute atomic E-state index is 12.1. The summed E-state index contributed by atoms with van der Waals surface area (Å²) in [7, 11) is 0. The van der Waals surface area contributed by atoms with Gasteiger partial charge in [-0.05, 0) is 41.0 Å². The van der Waals surface area contributed by atoms with Crippen LogP contribution in [0.5, 0.6) is 0 Å². The lowest BCUT2D eigenvalue weighted by molar-refractivity contribution is -0.136. The van der Waals surface area contributed by atoms with Crippen LogP contribution in [0.3, 0.4) is 0 Å². The fraction of sp³-hybridized carbons (Fsp3) is 0.136. The van der Waals surface area contributed by atoms with Crippen molar-refractivity contribution in [2.75, 3.05) is 11.9 Å². The molecule has 0 aliphatic carbocycles. The van der Waals surface area contributed by atoms with Crippen LogP contribution in [0.25, 0.3) is 10.8 Å². The third kappa shape index (κ3) is 4.91. The highest BCUT2D eigenvalue weighted by Crippen LogP contribution is 2.26. The molecule has 3 aromatic rings. The topological polar surface area (TPSA) is 102 Å². The number of amides is 2. The average Bonchev–Trinajstić information content (AvgIpc) is 2.73. The summed E-state index contributed by atoms with van der Waals surface area (Å²) in [5, 5.41) is 26.7. The Labute approximate surface area is 172 Å². The number of nitriles is 1. The number of halogens is 1. The van der Waals surface area contributed by atoms with Crippen LogP contribution in [0, 0.1) is 11.3 Å². The van der Waals surface area contributed by atoms with Crippen molar-refractivity contribution in [2.45, 2.75) is 12.5 Å². The van der Waals surface area contributed by atoms with Crippen molar-refractivity contribution in [1.82, 2.24) is 5.32 Å². The Morgan fingerprint density at radius 2 is 1.83 bits per heavy atom. The van der Waals surface area contributed by atoms with Gasteiger partial charge in [-0.3, -0.25) is 9.59 Å². The lowest BCUT2D eigenvalue weighted by atomic mass is 9.99. The number of rotatable bonds is 5. The first-order valence-electron chi connectivity index (χ1n) is 8.94. The molecule has 0 saturated carbocycles. The number of nitrogens with one attached hydrogen (secondary N) is 2. The summed E-state index contributed by atoms with van der Waals surface area (Å²) in [6.07, 6.45) is -0.546. The molecule has 0 bridgehead atoms. The van der Waals surface area contributed by atoms with E-state index in [4.69, 9.17) is 16.9 Å². The molecule has 1 atom stereocenters. The molecule has 0 aliphatic heterocycles. The Bertz CT molecular complexity index is 1100. The summed E-state index contributed by atoms with van der Waals surface area (Å²) in [4.78, 5) is 24.1. The minimum Gasteiger partial charge on any atom is -0.388 e. The van der Waals surface area contributed by atoms with Gasteiger partial charge < -0.3 is 15.7 Å².